The van der Waals surface area contributed by atoms with Crippen molar-refractivity contribution in [1.82, 2.24) is 4.31 Å². The van der Waals surface area contributed by atoms with Crippen molar-refractivity contribution >= 4 is 31.7 Å². The highest BCUT2D eigenvalue weighted by atomic mass is 79.9. The average Bonchev–Trinajstić information content (AvgIpc) is 2.75. The Bertz CT molecular complexity index is 569. The molecule has 5 rings (SSSR count). The van der Waals surface area contributed by atoms with Gasteiger partial charge in [-0.2, -0.15) is 4.31 Å². The van der Waals surface area contributed by atoms with Crippen molar-refractivity contribution in [2.24, 2.45) is 11.8 Å². The van der Waals surface area contributed by atoms with Crippen molar-refractivity contribution in [3.63, 3.8) is 0 Å². The van der Waals surface area contributed by atoms with Crippen LogP contribution >= 0.6 is 15.9 Å². The molecule has 3 fully saturated rings. The number of ketones is 1. The molecule has 2 aliphatic heterocycles. The van der Waals surface area contributed by atoms with Crippen molar-refractivity contribution in [2.75, 3.05) is 6.54 Å². The minimum Gasteiger partial charge on any atom is -0.297 e. The average molecular weight is 318 g/mol. The largest absolute Gasteiger partial charge is 0.297 e. The van der Waals surface area contributed by atoms with Crippen molar-refractivity contribution in [1.29, 1.82) is 0 Å². The lowest BCUT2D eigenvalue weighted by atomic mass is 9.62. The zero-order valence-electron chi connectivity index (χ0n) is 9.10. The molecule has 3 aliphatic carbocycles. The highest BCUT2D eigenvalue weighted by molar-refractivity contribution is 9.11. The molecule has 1 saturated carbocycles. The Kier molecular flexibility index (Phi) is 1.80. The number of sulfonamides is 1. The third-order valence-electron chi connectivity index (χ3n) is 4.85. The number of Topliss-reactive ketones (excluding diaryl/α,β-unsaturated/α-hetero) is 1. The van der Waals surface area contributed by atoms with Gasteiger partial charge in [-0.1, -0.05) is 22.0 Å². The minimum atomic E-state index is -3.27. The number of allylic oxidation sites excluding steroid dienone is 1. The summed E-state index contributed by atoms with van der Waals surface area (Å²) in [6.07, 6.45) is 3.91. The van der Waals surface area contributed by atoms with E-state index >= 15 is 0 Å². The van der Waals surface area contributed by atoms with E-state index in [1.807, 2.05) is 6.08 Å². The van der Waals surface area contributed by atoms with Crippen LogP contribution < -0.4 is 0 Å². The second kappa shape index (κ2) is 2.86. The summed E-state index contributed by atoms with van der Waals surface area (Å²) < 4.78 is 27.4. The standard InChI is InChI=1S/C11H12BrNO3S/c12-7-4-6-5-8-9(7)11(10(6)14)2-1-3-13(11)17(8,15)16/h4,6,8-9H,1-3,5H2. The van der Waals surface area contributed by atoms with Gasteiger partial charge in [0.15, 0.2) is 5.78 Å². The van der Waals surface area contributed by atoms with Crippen LogP contribution in [-0.4, -0.2) is 35.8 Å². The SMILES string of the molecule is O=C1C2C=C(Br)C3C(C2)S(=O)(=O)N2CCCC132. The third kappa shape index (κ3) is 0.933. The van der Waals surface area contributed by atoms with Crippen LogP contribution in [0, 0.1) is 11.8 Å². The molecule has 0 aromatic heterocycles. The molecule has 0 radical (unpaired) electrons. The summed E-state index contributed by atoms with van der Waals surface area (Å²) >= 11 is 3.49. The molecular formula is C11H12BrNO3S. The van der Waals surface area contributed by atoms with Crippen LogP contribution in [0.15, 0.2) is 10.6 Å². The minimum absolute atomic E-state index is 0.139. The van der Waals surface area contributed by atoms with E-state index in [9.17, 15) is 13.2 Å². The molecule has 2 heterocycles. The fourth-order valence-corrected chi connectivity index (χ4v) is 8.12. The predicted molar refractivity (Wildman–Crippen MR) is 65.0 cm³/mol. The molecular weight excluding hydrogens is 306 g/mol. The molecule has 92 valence electrons. The van der Waals surface area contributed by atoms with E-state index in [1.54, 1.807) is 0 Å². The third-order valence-corrected chi connectivity index (χ3v) is 7.96. The highest BCUT2D eigenvalue weighted by Crippen LogP contribution is 2.61. The smallest absolute Gasteiger partial charge is 0.218 e. The van der Waals surface area contributed by atoms with Crippen molar-refractivity contribution in [3.05, 3.63) is 10.6 Å². The van der Waals surface area contributed by atoms with Gasteiger partial charge in [-0.3, -0.25) is 4.79 Å². The van der Waals surface area contributed by atoms with Crippen LogP contribution in [-0.2, 0) is 14.8 Å². The first-order chi connectivity index (χ1) is 7.99. The lowest BCUT2D eigenvalue weighted by Crippen LogP contribution is -2.58. The first kappa shape index (κ1) is 10.7. The lowest BCUT2D eigenvalue weighted by molar-refractivity contribution is -0.134. The summed E-state index contributed by atoms with van der Waals surface area (Å²) in [5, 5.41) is -0.370. The van der Waals surface area contributed by atoms with E-state index < -0.39 is 15.6 Å². The molecule has 2 saturated heterocycles. The molecule has 17 heavy (non-hydrogen) atoms. The zero-order valence-corrected chi connectivity index (χ0v) is 11.5. The van der Waals surface area contributed by atoms with Crippen LogP contribution in [0.25, 0.3) is 0 Å². The summed E-state index contributed by atoms with van der Waals surface area (Å²) in [5.74, 6) is -0.203. The second-order valence-electron chi connectivity index (χ2n) is 5.42. The quantitative estimate of drug-likeness (QED) is 0.670. The lowest BCUT2D eigenvalue weighted by Gasteiger charge is -2.44. The normalized spacial score (nSPS) is 50.5. The van der Waals surface area contributed by atoms with E-state index in [4.69, 9.17) is 0 Å². The van der Waals surface area contributed by atoms with E-state index in [-0.39, 0.29) is 22.9 Å². The second-order valence-corrected chi connectivity index (χ2v) is 8.41. The molecule has 4 nitrogen and oxygen atoms in total. The maximum Gasteiger partial charge on any atom is 0.218 e. The van der Waals surface area contributed by atoms with Crippen LogP contribution in [0.5, 0.6) is 0 Å². The number of carbonyl (C=O) groups excluding carboxylic acids is 1. The zero-order chi connectivity index (χ0) is 12.0. The molecule has 0 aromatic carbocycles. The topological polar surface area (TPSA) is 54.5 Å². The fraction of sp³-hybridized carbons (Fsp3) is 0.727. The van der Waals surface area contributed by atoms with Gasteiger partial charge in [-0.05, 0) is 23.7 Å². The molecule has 5 aliphatic rings. The Morgan fingerprint density at radius 2 is 2.24 bits per heavy atom. The van der Waals surface area contributed by atoms with Crippen molar-refractivity contribution < 1.29 is 13.2 Å². The van der Waals surface area contributed by atoms with Gasteiger partial charge in [0.2, 0.25) is 10.0 Å². The van der Waals surface area contributed by atoms with E-state index in [0.717, 1.165) is 10.9 Å². The Morgan fingerprint density at radius 3 is 3.00 bits per heavy atom. The van der Waals surface area contributed by atoms with E-state index in [0.29, 0.717) is 19.4 Å². The van der Waals surface area contributed by atoms with Gasteiger partial charge in [0.25, 0.3) is 0 Å². The number of nitrogens with zero attached hydrogens (tertiary/aromatic N) is 1. The molecule has 0 N–H and O–H groups in total. The first-order valence-electron chi connectivity index (χ1n) is 5.93. The van der Waals surface area contributed by atoms with Gasteiger partial charge in [-0.25, -0.2) is 8.42 Å². The van der Waals surface area contributed by atoms with Gasteiger partial charge in [0, 0.05) is 18.4 Å². The van der Waals surface area contributed by atoms with E-state index in [2.05, 4.69) is 15.9 Å². The first-order valence-corrected chi connectivity index (χ1v) is 8.22. The fourth-order valence-electron chi connectivity index (χ4n) is 4.30. The number of carbonyl (C=O) groups is 1. The number of halogens is 1. The van der Waals surface area contributed by atoms with Gasteiger partial charge >= 0.3 is 0 Å². The van der Waals surface area contributed by atoms with Gasteiger partial charge in [0.05, 0.1) is 5.25 Å². The van der Waals surface area contributed by atoms with Crippen molar-refractivity contribution in [3.8, 4) is 0 Å². The summed E-state index contributed by atoms with van der Waals surface area (Å²) in [7, 11) is -3.27. The van der Waals surface area contributed by atoms with Crippen LogP contribution in [0.2, 0.25) is 0 Å². The molecule has 0 aromatic rings. The summed E-state index contributed by atoms with van der Waals surface area (Å²) in [6.45, 7) is 0.522. The van der Waals surface area contributed by atoms with Crippen LogP contribution in [0.4, 0.5) is 0 Å². The summed E-state index contributed by atoms with van der Waals surface area (Å²) in [6, 6.07) is 0. The Hall–Kier alpha value is -0.200. The Labute approximate surface area is 108 Å². The number of hydrogen-bond acceptors (Lipinski definition) is 3. The maximum atomic E-state index is 12.5. The number of hydrogen-bond donors (Lipinski definition) is 0. The monoisotopic (exact) mass is 317 g/mol. The molecule has 4 atom stereocenters. The summed E-state index contributed by atoms with van der Waals surface area (Å²) in [5.41, 5.74) is -0.722. The number of rotatable bonds is 0. The van der Waals surface area contributed by atoms with Crippen LogP contribution in [0.1, 0.15) is 19.3 Å². The maximum absolute atomic E-state index is 12.5. The molecule has 4 bridgehead atoms. The Balaban J connectivity index is 2.07. The van der Waals surface area contributed by atoms with Crippen LogP contribution in [0.3, 0.4) is 0 Å². The van der Waals surface area contributed by atoms with Gasteiger partial charge < -0.3 is 0 Å². The highest BCUT2D eigenvalue weighted by Gasteiger charge is 2.73. The molecule has 4 unspecified atom stereocenters. The van der Waals surface area contributed by atoms with Crippen molar-refractivity contribution in [2.45, 2.75) is 30.1 Å². The Morgan fingerprint density at radius 1 is 1.47 bits per heavy atom. The van der Waals surface area contributed by atoms with Gasteiger partial charge in [-0.15, -0.1) is 0 Å². The van der Waals surface area contributed by atoms with Gasteiger partial charge in [0.1, 0.15) is 5.54 Å². The molecule has 6 heteroatoms. The molecule has 0 amide bonds. The summed E-state index contributed by atoms with van der Waals surface area (Å²) in [4.78, 5) is 12.5. The molecule has 1 spiro atoms. The predicted octanol–water partition coefficient (Wildman–Crippen LogP) is 1.03. The van der Waals surface area contributed by atoms with E-state index in [1.165, 1.54) is 4.31 Å².